The van der Waals surface area contributed by atoms with Gasteiger partial charge in [-0.15, -0.1) is 0 Å². The number of nitrogens with zero attached hydrogens (tertiary/aromatic N) is 1. The third kappa shape index (κ3) is 4.25. The predicted octanol–water partition coefficient (Wildman–Crippen LogP) is 5.26. The molecule has 0 amide bonds. The number of hydrogen-bond donors (Lipinski definition) is 2. The summed E-state index contributed by atoms with van der Waals surface area (Å²) in [5, 5.41) is 11.9. The molecule has 3 rings (SSSR count). The largest absolute Gasteiger partial charge is 0.491 e. The van der Waals surface area contributed by atoms with Crippen LogP contribution in [-0.4, -0.2) is 22.2 Å². The van der Waals surface area contributed by atoms with Crippen molar-refractivity contribution in [3.05, 3.63) is 71.9 Å². The molecule has 3 aromatic rings. The van der Waals surface area contributed by atoms with Crippen LogP contribution in [0.1, 0.15) is 24.2 Å². The molecule has 0 aliphatic rings. The molecule has 0 aliphatic heterocycles. The number of halogens is 2. The summed E-state index contributed by atoms with van der Waals surface area (Å²) in [7, 11) is 0. The number of aromatic nitrogens is 1. The maximum Gasteiger partial charge on any atom is 0.339 e. The van der Waals surface area contributed by atoms with Crippen molar-refractivity contribution >= 4 is 17.5 Å². The van der Waals surface area contributed by atoms with Crippen LogP contribution in [-0.2, 0) is 0 Å². The molecule has 0 saturated carbocycles. The molecule has 0 aliphatic carbocycles. The minimum atomic E-state index is -1.18. The van der Waals surface area contributed by atoms with E-state index in [9.17, 15) is 18.7 Å². The second-order valence-corrected chi connectivity index (χ2v) is 6.33. The Balaban J connectivity index is 1.93. The number of benzene rings is 2. The maximum absolute atomic E-state index is 14.6. The Morgan fingerprint density at radius 3 is 2.57 bits per heavy atom. The topological polar surface area (TPSA) is 71.5 Å². The van der Waals surface area contributed by atoms with Crippen molar-refractivity contribution < 1.29 is 23.4 Å². The van der Waals surface area contributed by atoms with E-state index in [0.717, 1.165) is 0 Å². The molecule has 2 N–H and O–H groups in total. The number of aromatic carboxylic acids is 1. The monoisotopic (exact) mass is 384 g/mol. The Labute approximate surface area is 160 Å². The fraction of sp³-hybridized carbons (Fsp3) is 0.143. The first kappa shape index (κ1) is 19.3. The molecule has 2 aromatic carbocycles. The normalized spacial score (nSPS) is 10.8. The number of carboxylic acid groups (broad SMARTS) is 1. The van der Waals surface area contributed by atoms with Crippen LogP contribution in [0.3, 0.4) is 0 Å². The molecule has 0 unspecified atom stereocenters. The Hall–Kier alpha value is -3.48. The summed E-state index contributed by atoms with van der Waals surface area (Å²) in [6, 6.07) is 11.2. The first-order valence-electron chi connectivity index (χ1n) is 8.56. The smallest absolute Gasteiger partial charge is 0.339 e. The second-order valence-electron chi connectivity index (χ2n) is 6.33. The Kier molecular flexibility index (Phi) is 5.54. The van der Waals surface area contributed by atoms with E-state index in [1.54, 1.807) is 0 Å². The average Bonchev–Trinajstić information content (AvgIpc) is 2.65. The Morgan fingerprint density at radius 1 is 1.11 bits per heavy atom. The zero-order valence-corrected chi connectivity index (χ0v) is 15.2. The van der Waals surface area contributed by atoms with Gasteiger partial charge in [0.15, 0.2) is 0 Å². The number of anilines is 2. The van der Waals surface area contributed by atoms with Gasteiger partial charge in [0.05, 0.1) is 11.8 Å². The number of pyridine rings is 1. The third-order valence-corrected chi connectivity index (χ3v) is 3.88. The lowest BCUT2D eigenvalue weighted by Gasteiger charge is -2.13. The quantitative estimate of drug-likeness (QED) is 0.607. The summed E-state index contributed by atoms with van der Waals surface area (Å²) in [4.78, 5) is 15.2. The number of nitrogens with one attached hydrogen (secondary N) is 1. The van der Waals surface area contributed by atoms with E-state index in [4.69, 9.17) is 4.74 Å². The van der Waals surface area contributed by atoms with E-state index in [0.29, 0.717) is 11.3 Å². The van der Waals surface area contributed by atoms with E-state index in [2.05, 4.69) is 10.3 Å². The van der Waals surface area contributed by atoms with Crippen molar-refractivity contribution in [2.45, 2.75) is 20.0 Å². The highest BCUT2D eigenvalue weighted by atomic mass is 19.1. The number of hydrogen-bond acceptors (Lipinski definition) is 4. The standard InChI is InChI=1S/C21H18F2N2O3/c1-12(2)28-14-6-7-17(22)16(11-14)13-5-8-19(18(23)10-13)25-20-15(21(26)27)4-3-9-24-20/h3-12H,1-2H3,(H,24,25)(H,26,27). The van der Waals surface area contributed by atoms with E-state index in [-0.39, 0.29) is 28.7 Å². The molecule has 0 spiro atoms. The molecule has 0 atom stereocenters. The SMILES string of the molecule is CC(C)Oc1ccc(F)c(-c2ccc(Nc3ncccc3C(=O)O)c(F)c2)c1. The number of carbonyl (C=O) groups is 1. The van der Waals surface area contributed by atoms with E-state index < -0.39 is 17.6 Å². The zero-order valence-electron chi connectivity index (χ0n) is 15.2. The fourth-order valence-electron chi connectivity index (χ4n) is 2.66. The minimum absolute atomic E-state index is 0.0140. The van der Waals surface area contributed by atoms with Gasteiger partial charge in [-0.3, -0.25) is 0 Å². The molecule has 7 heteroatoms. The molecule has 1 aromatic heterocycles. The Bertz CT molecular complexity index is 1020. The molecule has 1 heterocycles. The Morgan fingerprint density at radius 2 is 1.89 bits per heavy atom. The lowest BCUT2D eigenvalue weighted by atomic mass is 10.0. The van der Waals surface area contributed by atoms with Gasteiger partial charge in [0.1, 0.15) is 28.8 Å². The van der Waals surface area contributed by atoms with Crippen molar-refractivity contribution in [1.29, 1.82) is 0 Å². The highest BCUT2D eigenvalue weighted by molar-refractivity contribution is 5.94. The minimum Gasteiger partial charge on any atom is -0.491 e. The summed E-state index contributed by atoms with van der Waals surface area (Å²) in [6.07, 6.45) is 1.32. The predicted molar refractivity (Wildman–Crippen MR) is 102 cm³/mol. The van der Waals surface area contributed by atoms with Gasteiger partial charge in [0.2, 0.25) is 0 Å². The van der Waals surface area contributed by atoms with Crippen LogP contribution in [0.15, 0.2) is 54.7 Å². The van der Waals surface area contributed by atoms with Gasteiger partial charge in [-0.2, -0.15) is 0 Å². The van der Waals surface area contributed by atoms with Crippen LogP contribution in [0.2, 0.25) is 0 Å². The van der Waals surface area contributed by atoms with Crippen LogP contribution >= 0.6 is 0 Å². The van der Waals surface area contributed by atoms with Crippen LogP contribution in [0.25, 0.3) is 11.1 Å². The van der Waals surface area contributed by atoms with Gasteiger partial charge in [0, 0.05) is 11.8 Å². The molecule has 5 nitrogen and oxygen atoms in total. The highest BCUT2D eigenvalue weighted by Crippen LogP contribution is 2.31. The van der Waals surface area contributed by atoms with Gasteiger partial charge in [0.25, 0.3) is 0 Å². The van der Waals surface area contributed by atoms with Crippen molar-refractivity contribution in [3.63, 3.8) is 0 Å². The molecular weight excluding hydrogens is 366 g/mol. The van der Waals surface area contributed by atoms with E-state index in [1.165, 1.54) is 54.7 Å². The van der Waals surface area contributed by atoms with Gasteiger partial charge in [-0.05, 0) is 61.9 Å². The van der Waals surface area contributed by atoms with Crippen LogP contribution in [0, 0.1) is 11.6 Å². The van der Waals surface area contributed by atoms with Gasteiger partial charge in [-0.25, -0.2) is 18.6 Å². The van der Waals surface area contributed by atoms with Crippen molar-refractivity contribution in [3.8, 4) is 16.9 Å². The molecule has 0 saturated heterocycles. The number of carboxylic acids is 1. The first-order valence-corrected chi connectivity index (χ1v) is 8.56. The van der Waals surface area contributed by atoms with Crippen LogP contribution in [0.5, 0.6) is 5.75 Å². The van der Waals surface area contributed by atoms with Crippen molar-refractivity contribution in [1.82, 2.24) is 4.98 Å². The fourth-order valence-corrected chi connectivity index (χ4v) is 2.66. The van der Waals surface area contributed by atoms with Gasteiger partial charge >= 0.3 is 5.97 Å². The molecule has 144 valence electrons. The van der Waals surface area contributed by atoms with Crippen LogP contribution < -0.4 is 10.1 Å². The second kappa shape index (κ2) is 8.04. The number of rotatable bonds is 6. The maximum atomic E-state index is 14.6. The average molecular weight is 384 g/mol. The summed E-state index contributed by atoms with van der Waals surface area (Å²) >= 11 is 0. The lowest BCUT2D eigenvalue weighted by molar-refractivity contribution is 0.0697. The number of ether oxygens (including phenoxy) is 1. The molecule has 0 radical (unpaired) electrons. The molecular formula is C21H18F2N2O3. The summed E-state index contributed by atoms with van der Waals surface area (Å²) in [5.41, 5.74) is 0.470. The third-order valence-electron chi connectivity index (χ3n) is 3.88. The summed E-state index contributed by atoms with van der Waals surface area (Å²) in [5.74, 6) is -1.87. The van der Waals surface area contributed by atoms with E-state index in [1.807, 2.05) is 13.8 Å². The molecule has 0 fully saturated rings. The van der Waals surface area contributed by atoms with Gasteiger partial charge < -0.3 is 15.2 Å². The highest BCUT2D eigenvalue weighted by Gasteiger charge is 2.14. The molecule has 0 bridgehead atoms. The summed E-state index contributed by atoms with van der Waals surface area (Å²) < 4.78 is 34.4. The van der Waals surface area contributed by atoms with Gasteiger partial charge in [-0.1, -0.05) is 6.07 Å². The van der Waals surface area contributed by atoms with E-state index >= 15 is 0 Å². The van der Waals surface area contributed by atoms with Crippen molar-refractivity contribution in [2.75, 3.05) is 5.32 Å². The molecule has 28 heavy (non-hydrogen) atoms. The van der Waals surface area contributed by atoms with Crippen molar-refractivity contribution in [2.24, 2.45) is 0 Å². The first-order chi connectivity index (χ1) is 13.3. The zero-order chi connectivity index (χ0) is 20.3. The summed E-state index contributed by atoms with van der Waals surface area (Å²) in [6.45, 7) is 3.71. The van der Waals surface area contributed by atoms with Crippen LogP contribution in [0.4, 0.5) is 20.3 Å². The lowest BCUT2D eigenvalue weighted by Crippen LogP contribution is -2.06.